The highest BCUT2D eigenvalue weighted by atomic mass is 127. The van der Waals surface area contributed by atoms with E-state index < -0.39 is 0 Å². The van der Waals surface area contributed by atoms with Crippen LogP contribution in [-0.4, -0.2) is 11.8 Å². The van der Waals surface area contributed by atoms with E-state index in [2.05, 4.69) is 33.2 Å². The van der Waals surface area contributed by atoms with Gasteiger partial charge in [0.1, 0.15) is 0 Å². The van der Waals surface area contributed by atoms with Crippen molar-refractivity contribution in [2.45, 2.75) is 0 Å². The van der Waals surface area contributed by atoms with Gasteiger partial charge in [0.25, 0.3) is 11.8 Å². The van der Waals surface area contributed by atoms with E-state index in [9.17, 15) is 9.59 Å². The summed E-state index contributed by atoms with van der Waals surface area (Å²) in [5.74, 6) is -0.576. The molecule has 0 heterocycles. The van der Waals surface area contributed by atoms with Crippen molar-refractivity contribution in [2.24, 2.45) is 0 Å². The summed E-state index contributed by atoms with van der Waals surface area (Å²) in [6.45, 7) is 0. The Bertz CT molecular complexity index is 958. The smallest absolute Gasteiger partial charge is 0.257 e. The minimum Gasteiger partial charge on any atom is -0.322 e. The minimum atomic E-state index is -0.314. The van der Waals surface area contributed by atoms with Crippen LogP contribution >= 0.6 is 34.2 Å². The number of benzene rings is 3. The molecule has 0 radical (unpaired) electrons. The second-order valence-corrected chi connectivity index (χ2v) is 7.04. The lowest BCUT2D eigenvalue weighted by Crippen LogP contribution is -2.18. The van der Waals surface area contributed by atoms with Crippen LogP contribution in [0, 0.1) is 3.57 Å². The largest absolute Gasteiger partial charge is 0.322 e. The molecular formula is C20H14ClIN2O2. The van der Waals surface area contributed by atoms with Gasteiger partial charge in [0.2, 0.25) is 0 Å². The predicted octanol–water partition coefficient (Wildman–Crippen LogP) is 5.45. The Balaban J connectivity index is 1.81. The highest BCUT2D eigenvalue weighted by molar-refractivity contribution is 14.1. The average molecular weight is 477 g/mol. The summed E-state index contributed by atoms with van der Waals surface area (Å²) in [4.78, 5) is 25.2. The van der Waals surface area contributed by atoms with Crippen LogP contribution in [-0.2, 0) is 0 Å². The third-order valence-electron chi connectivity index (χ3n) is 3.64. The molecule has 2 amide bonds. The van der Waals surface area contributed by atoms with Crippen molar-refractivity contribution >= 4 is 57.4 Å². The van der Waals surface area contributed by atoms with Crippen molar-refractivity contribution in [2.75, 3.05) is 10.6 Å². The fourth-order valence-corrected chi connectivity index (χ4v) is 3.12. The van der Waals surface area contributed by atoms with Crippen LogP contribution in [0.5, 0.6) is 0 Å². The molecule has 3 aromatic carbocycles. The lowest BCUT2D eigenvalue weighted by Gasteiger charge is -2.12. The maximum atomic E-state index is 12.6. The van der Waals surface area contributed by atoms with E-state index in [4.69, 9.17) is 11.6 Å². The van der Waals surface area contributed by atoms with Crippen LogP contribution in [0.2, 0.25) is 5.02 Å². The highest BCUT2D eigenvalue weighted by Gasteiger charge is 2.15. The summed E-state index contributed by atoms with van der Waals surface area (Å²) in [6, 6.07) is 21.0. The first kappa shape index (κ1) is 18.4. The van der Waals surface area contributed by atoms with Crippen molar-refractivity contribution in [1.29, 1.82) is 0 Å². The van der Waals surface area contributed by atoms with Crippen LogP contribution in [0.4, 0.5) is 11.4 Å². The first-order chi connectivity index (χ1) is 12.5. The van der Waals surface area contributed by atoms with Crippen molar-refractivity contribution in [3.05, 3.63) is 92.5 Å². The van der Waals surface area contributed by atoms with E-state index in [0.29, 0.717) is 27.5 Å². The topological polar surface area (TPSA) is 58.2 Å². The molecule has 0 aliphatic carbocycles. The highest BCUT2D eigenvalue weighted by Crippen LogP contribution is 2.20. The minimum absolute atomic E-state index is 0.262. The molecule has 130 valence electrons. The number of rotatable bonds is 4. The molecule has 0 fully saturated rings. The number of amides is 2. The van der Waals surface area contributed by atoms with E-state index in [1.807, 2.05) is 12.1 Å². The molecule has 0 aliphatic heterocycles. The van der Waals surface area contributed by atoms with Crippen LogP contribution in [0.3, 0.4) is 0 Å². The van der Waals surface area contributed by atoms with Gasteiger partial charge in [-0.2, -0.15) is 0 Å². The molecule has 0 aromatic heterocycles. The van der Waals surface area contributed by atoms with E-state index >= 15 is 0 Å². The number of para-hydroxylation sites is 1. The molecule has 0 spiro atoms. The van der Waals surface area contributed by atoms with Crippen LogP contribution < -0.4 is 10.6 Å². The first-order valence-electron chi connectivity index (χ1n) is 7.76. The SMILES string of the molecule is O=C(Nc1ccccc1C(=O)Nc1ccc(Cl)cc1)c1ccccc1I. The van der Waals surface area contributed by atoms with Gasteiger partial charge in [-0.1, -0.05) is 35.9 Å². The molecule has 6 heteroatoms. The predicted molar refractivity (Wildman–Crippen MR) is 113 cm³/mol. The molecular weight excluding hydrogens is 463 g/mol. The van der Waals surface area contributed by atoms with Gasteiger partial charge >= 0.3 is 0 Å². The van der Waals surface area contributed by atoms with Gasteiger partial charge in [0.05, 0.1) is 16.8 Å². The molecule has 3 aromatic rings. The Kier molecular flexibility index (Phi) is 5.90. The van der Waals surface area contributed by atoms with Crippen molar-refractivity contribution in [1.82, 2.24) is 0 Å². The van der Waals surface area contributed by atoms with Crippen LogP contribution in [0.1, 0.15) is 20.7 Å². The Hall–Kier alpha value is -2.38. The molecule has 26 heavy (non-hydrogen) atoms. The molecule has 2 N–H and O–H groups in total. The summed E-state index contributed by atoms with van der Waals surface area (Å²) >= 11 is 7.97. The lowest BCUT2D eigenvalue weighted by molar-refractivity contribution is 0.102. The molecule has 0 saturated carbocycles. The van der Waals surface area contributed by atoms with Gasteiger partial charge in [-0.05, 0) is 71.1 Å². The molecule has 0 atom stereocenters. The fraction of sp³-hybridized carbons (Fsp3) is 0. The normalized spacial score (nSPS) is 10.2. The van der Waals surface area contributed by atoms with Crippen molar-refractivity contribution in [3.8, 4) is 0 Å². The average Bonchev–Trinajstić information content (AvgIpc) is 2.64. The van der Waals surface area contributed by atoms with Gasteiger partial charge < -0.3 is 10.6 Å². The van der Waals surface area contributed by atoms with Gasteiger partial charge in [0, 0.05) is 14.3 Å². The number of carbonyl (C=O) groups is 2. The lowest BCUT2D eigenvalue weighted by atomic mass is 10.1. The third-order valence-corrected chi connectivity index (χ3v) is 4.83. The number of hydrogen-bond donors (Lipinski definition) is 2. The second kappa shape index (κ2) is 8.33. The molecule has 4 nitrogen and oxygen atoms in total. The van der Waals surface area contributed by atoms with Gasteiger partial charge in [0.15, 0.2) is 0 Å². The summed E-state index contributed by atoms with van der Waals surface area (Å²) in [5.41, 5.74) is 2.00. The fourth-order valence-electron chi connectivity index (χ4n) is 2.36. The molecule has 3 rings (SSSR count). The Morgan fingerprint density at radius 1 is 0.731 bits per heavy atom. The van der Waals surface area contributed by atoms with E-state index in [-0.39, 0.29) is 11.8 Å². The van der Waals surface area contributed by atoms with Crippen LogP contribution in [0.15, 0.2) is 72.8 Å². The summed E-state index contributed by atoms with van der Waals surface area (Å²) in [6.07, 6.45) is 0. The maximum absolute atomic E-state index is 12.6. The second-order valence-electron chi connectivity index (χ2n) is 5.44. The van der Waals surface area contributed by atoms with E-state index in [1.54, 1.807) is 60.7 Å². The molecule has 0 bridgehead atoms. The molecule has 0 unspecified atom stereocenters. The summed E-state index contributed by atoms with van der Waals surface area (Å²) in [7, 11) is 0. The number of nitrogens with one attached hydrogen (secondary N) is 2. The summed E-state index contributed by atoms with van der Waals surface area (Å²) in [5, 5.41) is 6.21. The summed E-state index contributed by atoms with van der Waals surface area (Å²) < 4.78 is 0.839. The Labute approximate surface area is 169 Å². The van der Waals surface area contributed by atoms with Crippen molar-refractivity contribution < 1.29 is 9.59 Å². The van der Waals surface area contributed by atoms with Gasteiger partial charge in [-0.25, -0.2) is 0 Å². The zero-order valence-corrected chi connectivity index (χ0v) is 16.4. The zero-order valence-electron chi connectivity index (χ0n) is 13.5. The number of hydrogen-bond acceptors (Lipinski definition) is 2. The Morgan fingerprint density at radius 2 is 1.31 bits per heavy atom. The monoisotopic (exact) mass is 476 g/mol. The zero-order chi connectivity index (χ0) is 18.5. The van der Waals surface area contributed by atoms with E-state index in [0.717, 1.165) is 3.57 Å². The standard InChI is InChI=1S/C20H14ClIN2O2/c21-13-9-11-14(12-10-13)23-20(26)16-6-2-4-8-18(16)24-19(25)15-5-1-3-7-17(15)22/h1-12H,(H,23,26)(H,24,25). The molecule has 0 aliphatic rings. The van der Waals surface area contributed by atoms with Crippen molar-refractivity contribution in [3.63, 3.8) is 0 Å². The Morgan fingerprint density at radius 3 is 2.00 bits per heavy atom. The quantitative estimate of drug-likeness (QED) is 0.492. The third kappa shape index (κ3) is 4.42. The number of anilines is 2. The van der Waals surface area contributed by atoms with Crippen LogP contribution in [0.25, 0.3) is 0 Å². The first-order valence-corrected chi connectivity index (χ1v) is 9.22. The number of carbonyl (C=O) groups excluding carboxylic acids is 2. The van der Waals surface area contributed by atoms with Gasteiger partial charge in [-0.3, -0.25) is 9.59 Å². The maximum Gasteiger partial charge on any atom is 0.257 e. The number of halogens is 2. The van der Waals surface area contributed by atoms with Gasteiger partial charge in [-0.15, -0.1) is 0 Å². The van der Waals surface area contributed by atoms with E-state index in [1.165, 1.54) is 0 Å². The molecule has 0 saturated heterocycles.